The predicted molar refractivity (Wildman–Crippen MR) is 68.0 cm³/mol. The molecule has 1 aliphatic rings. The van der Waals surface area contributed by atoms with Crippen molar-refractivity contribution < 1.29 is 0 Å². The van der Waals surface area contributed by atoms with Crippen molar-refractivity contribution in [3.05, 3.63) is 12.7 Å². The van der Waals surface area contributed by atoms with Gasteiger partial charge in [-0.3, -0.25) is 0 Å². The first-order valence-corrected chi connectivity index (χ1v) is 6.53. The molecule has 0 unspecified atom stereocenters. The first-order chi connectivity index (χ1) is 7.21. The van der Waals surface area contributed by atoms with E-state index in [1.54, 1.807) is 0 Å². The van der Waals surface area contributed by atoms with Gasteiger partial charge in [-0.05, 0) is 50.0 Å². The van der Waals surface area contributed by atoms with Gasteiger partial charge in [-0.2, -0.15) is 0 Å². The van der Waals surface area contributed by atoms with Crippen molar-refractivity contribution in [2.45, 2.75) is 52.4 Å². The Morgan fingerprint density at radius 3 is 2.53 bits per heavy atom. The number of rotatable bonds is 9. The average Bonchev–Trinajstić information content (AvgIpc) is 2.98. The summed E-state index contributed by atoms with van der Waals surface area (Å²) in [6, 6.07) is 0. The molecule has 1 rings (SSSR count). The second kappa shape index (κ2) is 6.32. The molecule has 1 saturated carbocycles. The highest BCUT2D eigenvalue weighted by atomic mass is 14.9. The maximum Gasteiger partial charge on any atom is 0.00103 e. The average molecular weight is 209 g/mol. The molecule has 0 bridgehead atoms. The first-order valence-electron chi connectivity index (χ1n) is 6.53. The molecule has 1 fully saturated rings. The monoisotopic (exact) mass is 209 g/mol. The highest BCUT2D eigenvalue weighted by Gasteiger charge is 2.44. The molecular weight excluding hydrogens is 182 g/mol. The Morgan fingerprint density at radius 2 is 2.00 bits per heavy atom. The molecule has 1 heteroatoms. The number of nitrogens with one attached hydrogen (secondary N) is 1. The van der Waals surface area contributed by atoms with Gasteiger partial charge in [-0.25, -0.2) is 0 Å². The molecule has 0 heterocycles. The summed E-state index contributed by atoms with van der Waals surface area (Å²) < 4.78 is 0. The Balaban J connectivity index is 1.91. The molecule has 0 amide bonds. The molecule has 0 aromatic carbocycles. The normalized spacial score (nSPS) is 18.1. The maximum atomic E-state index is 3.74. The molecule has 0 saturated heterocycles. The Morgan fingerprint density at radius 1 is 1.27 bits per heavy atom. The lowest BCUT2D eigenvalue weighted by Crippen LogP contribution is -2.28. The van der Waals surface area contributed by atoms with Crippen molar-refractivity contribution in [3.8, 4) is 0 Å². The van der Waals surface area contributed by atoms with E-state index in [1.165, 1.54) is 51.6 Å². The highest BCUT2D eigenvalue weighted by Crippen LogP contribution is 2.51. The van der Waals surface area contributed by atoms with E-state index in [4.69, 9.17) is 0 Å². The van der Waals surface area contributed by atoms with Crippen LogP contribution in [0.2, 0.25) is 0 Å². The third-order valence-electron chi connectivity index (χ3n) is 3.86. The molecule has 1 N–H and O–H groups in total. The van der Waals surface area contributed by atoms with Crippen molar-refractivity contribution in [2.75, 3.05) is 13.1 Å². The van der Waals surface area contributed by atoms with Crippen LogP contribution in [-0.2, 0) is 0 Å². The summed E-state index contributed by atoms with van der Waals surface area (Å²) in [6.45, 7) is 10.9. The van der Waals surface area contributed by atoms with Crippen LogP contribution in [0.3, 0.4) is 0 Å². The smallest absolute Gasteiger partial charge is 0.00103 e. The first kappa shape index (κ1) is 12.8. The van der Waals surface area contributed by atoms with Crippen LogP contribution in [0, 0.1) is 11.3 Å². The Bertz CT molecular complexity index is 180. The summed E-state index contributed by atoms with van der Waals surface area (Å²) >= 11 is 0. The fourth-order valence-corrected chi connectivity index (χ4v) is 2.17. The maximum absolute atomic E-state index is 3.74. The van der Waals surface area contributed by atoms with Crippen LogP contribution in [-0.4, -0.2) is 13.1 Å². The van der Waals surface area contributed by atoms with Gasteiger partial charge in [0, 0.05) is 6.54 Å². The topological polar surface area (TPSA) is 12.0 Å². The van der Waals surface area contributed by atoms with Gasteiger partial charge in [0.25, 0.3) is 0 Å². The molecule has 15 heavy (non-hydrogen) atoms. The molecule has 0 aliphatic heterocycles. The minimum atomic E-state index is 0.668. The van der Waals surface area contributed by atoms with Crippen molar-refractivity contribution in [2.24, 2.45) is 11.3 Å². The number of hydrogen-bond donors (Lipinski definition) is 1. The lowest BCUT2D eigenvalue weighted by molar-refractivity contribution is 0.337. The number of unbranched alkanes of at least 4 members (excludes halogenated alkanes) is 3. The minimum Gasteiger partial charge on any atom is -0.316 e. The largest absolute Gasteiger partial charge is 0.316 e. The fraction of sp³-hybridized carbons (Fsp3) is 0.857. The van der Waals surface area contributed by atoms with Crippen molar-refractivity contribution in [3.63, 3.8) is 0 Å². The van der Waals surface area contributed by atoms with Crippen LogP contribution in [0.25, 0.3) is 0 Å². The Hall–Kier alpha value is -0.300. The molecule has 0 atom stereocenters. The van der Waals surface area contributed by atoms with Crippen LogP contribution in [0.5, 0.6) is 0 Å². The van der Waals surface area contributed by atoms with Gasteiger partial charge in [0.1, 0.15) is 0 Å². The third-order valence-corrected chi connectivity index (χ3v) is 3.86. The highest BCUT2D eigenvalue weighted by molar-refractivity contribution is 4.96. The summed E-state index contributed by atoms with van der Waals surface area (Å²) in [7, 11) is 0. The van der Waals surface area contributed by atoms with Crippen molar-refractivity contribution in [1.82, 2.24) is 5.32 Å². The summed E-state index contributed by atoms with van der Waals surface area (Å²) in [5.74, 6) is 0.853. The van der Waals surface area contributed by atoms with E-state index in [0.717, 1.165) is 5.92 Å². The van der Waals surface area contributed by atoms with E-state index >= 15 is 0 Å². The SMILES string of the molecule is C=CCCCCCNCC1(C(C)C)CC1. The number of allylic oxidation sites excluding steroid dienone is 1. The Kier molecular flexibility index (Phi) is 5.38. The van der Waals surface area contributed by atoms with E-state index in [-0.39, 0.29) is 0 Å². The second-order valence-corrected chi connectivity index (χ2v) is 5.33. The fourth-order valence-electron chi connectivity index (χ4n) is 2.17. The molecule has 1 aliphatic carbocycles. The van der Waals surface area contributed by atoms with Crippen LogP contribution in [0.15, 0.2) is 12.7 Å². The minimum absolute atomic E-state index is 0.668. The lowest BCUT2D eigenvalue weighted by Gasteiger charge is -2.19. The van der Waals surface area contributed by atoms with Gasteiger partial charge in [0.15, 0.2) is 0 Å². The zero-order valence-corrected chi connectivity index (χ0v) is 10.5. The van der Waals surface area contributed by atoms with Crippen LogP contribution >= 0.6 is 0 Å². The van der Waals surface area contributed by atoms with Gasteiger partial charge in [-0.15, -0.1) is 6.58 Å². The zero-order valence-electron chi connectivity index (χ0n) is 10.5. The van der Waals surface area contributed by atoms with E-state index in [0.29, 0.717) is 5.41 Å². The Labute approximate surface area is 95.3 Å². The van der Waals surface area contributed by atoms with Gasteiger partial charge in [0.05, 0.1) is 0 Å². The molecule has 1 nitrogen and oxygen atoms in total. The van der Waals surface area contributed by atoms with Crippen LogP contribution < -0.4 is 5.32 Å². The van der Waals surface area contributed by atoms with Gasteiger partial charge < -0.3 is 5.32 Å². The van der Waals surface area contributed by atoms with E-state index < -0.39 is 0 Å². The summed E-state index contributed by atoms with van der Waals surface area (Å²) in [5, 5.41) is 3.62. The van der Waals surface area contributed by atoms with E-state index in [9.17, 15) is 0 Å². The van der Waals surface area contributed by atoms with Gasteiger partial charge >= 0.3 is 0 Å². The van der Waals surface area contributed by atoms with Crippen molar-refractivity contribution >= 4 is 0 Å². The predicted octanol–water partition coefficient (Wildman–Crippen LogP) is 3.76. The molecule has 0 aromatic rings. The molecular formula is C14H27N. The summed E-state index contributed by atoms with van der Waals surface area (Å²) in [6.07, 6.45) is 10.0. The third kappa shape index (κ3) is 4.38. The zero-order chi connectivity index (χ0) is 11.1. The van der Waals surface area contributed by atoms with Crippen LogP contribution in [0.4, 0.5) is 0 Å². The van der Waals surface area contributed by atoms with E-state index in [2.05, 4.69) is 25.7 Å². The molecule has 0 radical (unpaired) electrons. The molecule has 0 spiro atoms. The number of hydrogen-bond acceptors (Lipinski definition) is 1. The quantitative estimate of drug-likeness (QED) is 0.450. The lowest BCUT2D eigenvalue weighted by atomic mass is 9.92. The summed E-state index contributed by atoms with van der Waals surface area (Å²) in [4.78, 5) is 0. The summed E-state index contributed by atoms with van der Waals surface area (Å²) in [5.41, 5.74) is 0.668. The van der Waals surface area contributed by atoms with E-state index in [1.807, 2.05) is 6.08 Å². The standard InChI is InChI=1S/C14H27N/c1-4-5-6-7-8-11-15-12-14(9-10-14)13(2)3/h4,13,15H,1,5-12H2,2-3H3. The van der Waals surface area contributed by atoms with Crippen molar-refractivity contribution in [1.29, 1.82) is 0 Å². The molecule has 0 aromatic heterocycles. The van der Waals surface area contributed by atoms with Crippen LogP contribution in [0.1, 0.15) is 52.4 Å². The van der Waals surface area contributed by atoms with Gasteiger partial charge in [0.2, 0.25) is 0 Å². The second-order valence-electron chi connectivity index (χ2n) is 5.33. The molecule has 88 valence electrons. The van der Waals surface area contributed by atoms with Gasteiger partial charge in [-0.1, -0.05) is 26.3 Å².